The predicted molar refractivity (Wildman–Crippen MR) is 249 cm³/mol. The van der Waals surface area contributed by atoms with Gasteiger partial charge in [0.1, 0.15) is 5.75 Å². The average molecular weight is 779 g/mol. The van der Waals surface area contributed by atoms with Crippen LogP contribution in [-0.4, -0.2) is 19.6 Å². The van der Waals surface area contributed by atoms with E-state index in [9.17, 15) is 5.11 Å². The maximum atomic E-state index is 11.2. The molecule has 0 radical (unpaired) electrons. The molecule has 5 heteroatoms. The van der Waals surface area contributed by atoms with E-state index in [0.29, 0.717) is 16.9 Å². The molecule has 9 aromatic rings. The molecule has 0 unspecified atom stereocenters. The van der Waals surface area contributed by atoms with Crippen LogP contribution in [0.5, 0.6) is 5.75 Å². The second kappa shape index (κ2) is 14.8. The van der Waals surface area contributed by atoms with Crippen molar-refractivity contribution in [2.45, 2.75) is 52.4 Å². The van der Waals surface area contributed by atoms with Crippen molar-refractivity contribution in [1.29, 1.82) is 0 Å². The molecule has 0 saturated carbocycles. The molecule has 9 rings (SSSR count). The van der Waals surface area contributed by atoms with Crippen LogP contribution < -0.4 is 0 Å². The minimum atomic E-state index is -0.0730. The van der Waals surface area contributed by atoms with Gasteiger partial charge < -0.3 is 9.67 Å². The van der Waals surface area contributed by atoms with Crippen LogP contribution in [0, 0.1) is 6.57 Å². The molecule has 0 amide bonds. The number of para-hydroxylation sites is 3. The van der Waals surface area contributed by atoms with Crippen molar-refractivity contribution in [3.05, 3.63) is 186 Å². The smallest absolute Gasteiger partial charge is 0.188 e. The second-order valence-electron chi connectivity index (χ2n) is 17.6. The first-order valence-electron chi connectivity index (χ1n) is 20.4. The van der Waals surface area contributed by atoms with Crippen molar-refractivity contribution in [3.8, 4) is 67.5 Å². The Morgan fingerprint density at radius 3 is 1.88 bits per heavy atom. The fraction of sp³-hybridized carbons (Fsp3) is 0.145. The highest BCUT2D eigenvalue weighted by atomic mass is 16.3. The van der Waals surface area contributed by atoms with E-state index in [4.69, 9.17) is 16.5 Å². The maximum absolute atomic E-state index is 11.2. The van der Waals surface area contributed by atoms with E-state index < -0.39 is 0 Å². The number of hydrogen-bond donors (Lipinski definition) is 1. The molecule has 0 aliphatic carbocycles. The lowest BCUT2D eigenvalue weighted by molar-refractivity contribution is 0.477. The molecule has 60 heavy (non-hydrogen) atoms. The summed E-state index contributed by atoms with van der Waals surface area (Å²) in [4.78, 5) is 13.8. The minimum absolute atomic E-state index is 0.0730. The molecule has 0 atom stereocenters. The molecule has 0 aliphatic heterocycles. The summed E-state index contributed by atoms with van der Waals surface area (Å²) < 4.78 is 2.37. The summed E-state index contributed by atoms with van der Waals surface area (Å²) in [5.74, 6) is 0.0768. The Morgan fingerprint density at radius 1 is 0.517 bits per heavy atom. The van der Waals surface area contributed by atoms with E-state index in [0.717, 1.165) is 61.5 Å². The van der Waals surface area contributed by atoms with Crippen LogP contribution in [0.4, 0.5) is 5.69 Å². The number of benzene rings is 6. The first kappa shape index (κ1) is 38.2. The second-order valence-corrected chi connectivity index (χ2v) is 17.6. The van der Waals surface area contributed by atoms with Gasteiger partial charge in [-0.15, -0.1) is 0 Å². The standard InChI is InChI=1S/C55H46N4O/c1-54(2,3)40-28-38(29-41(33-40)55(4,5)6)39-31-49(58-50(32-39)47-34-42(56-7)23-24-52(47)60)37-16-13-15-36(27-37)48-30-35(25-26-57-48)44-20-14-21-46-45-19-11-12-22-51(45)59(53(44)46)43-17-9-8-10-18-43/h8-34,60H,1-6H3. The maximum Gasteiger partial charge on any atom is 0.188 e. The van der Waals surface area contributed by atoms with Crippen LogP contribution in [0.2, 0.25) is 0 Å². The van der Waals surface area contributed by atoms with E-state index in [1.54, 1.807) is 18.2 Å². The van der Waals surface area contributed by atoms with Crippen molar-refractivity contribution in [2.24, 2.45) is 0 Å². The quantitative estimate of drug-likeness (QED) is 0.171. The highest BCUT2D eigenvalue weighted by Crippen LogP contribution is 2.41. The number of aromatic nitrogens is 3. The first-order chi connectivity index (χ1) is 28.9. The lowest BCUT2D eigenvalue weighted by Gasteiger charge is -2.26. The third-order valence-electron chi connectivity index (χ3n) is 11.4. The summed E-state index contributed by atoms with van der Waals surface area (Å²) in [6.45, 7) is 21.2. The number of rotatable bonds is 6. The number of aromatic hydroxyl groups is 1. The van der Waals surface area contributed by atoms with Gasteiger partial charge in [0, 0.05) is 44.9 Å². The molecule has 3 heterocycles. The topological polar surface area (TPSA) is 55.3 Å². The van der Waals surface area contributed by atoms with E-state index in [2.05, 4.69) is 184 Å². The number of hydrogen-bond acceptors (Lipinski definition) is 3. The Morgan fingerprint density at radius 2 is 1.15 bits per heavy atom. The Labute approximate surface area is 352 Å². The summed E-state index contributed by atoms with van der Waals surface area (Å²) in [7, 11) is 0. The highest BCUT2D eigenvalue weighted by Gasteiger charge is 2.23. The molecule has 0 spiro atoms. The monoisotopic (exact) mass is 778 g/mol. The fourth-order valence-corrected chi connectivity index (χ4v) is 8.13. The van der Waals surface area contributed by atoms with Crippen molar-refractivity contribution in [2.75, 3.05) is 0 Å². The number of fused-ring (bicyclic) bond motifs is 3. The molecule has 1 N–H and O–H groups in total. The Hall–Kier alpha value is -7.29. The summed E-state index contributed by atoms with van der Waals surface area (Å²) in [5, 5.41) is 13.6. The van der Waals surface area contributed by atoms with Gasteiger partial charge in [-0.2, -0.15) is 0 Å². The molecule has 6 aromatic carbocycles. The summed E-state index contributed by atoms with van der Waals surface area (Å²) in [6, 6.07) is 54.3. The van der Waals surface area contributed by atoms with Gasteiger partial charge in [0.25, 0.3) is 0 Å². The van der Waals surface area contributed by atoms with Gasteiger partial charge in [0.05, 0.1) is 34.7 Å². The molecule has 0 saturated heterocycles. The predicted octanol–water partition coefficient (Wildman–Crippen LogP) is 14.8. The molecule has 0 fully saturated rings. The molecule has 0 bridgehead atoms. The molecular formula is C55H46N4O. The Balaban J connectivity index is 1.20. The van der Waals surface area contributed by atoms with Crippen LogP contribution in [0.3, 0.4) is 0 Å². The third kappa shape index (κ3) is 7.11. The van der Waals surface area contributed by atoms with E-state index in [-0.39, 0.29) is 16.6 Å². The van der Waals surface area contributed by atoms with Crippen LogP contribution in [0.1, 0.15) is 52.7 Å². The van der Waals surface area contributed by atoms with Crippen molar-refractivity contribution >= 4 is 27.5 Å². The van der Waals surface area contributed by atoms with Gasteiger partial charge in [-0.1, -0.05) is 139 Å². The number of pyridine rings is 2. The lowest BCUT2D eigenvalue weighted by Crippen LogP contribution is -2.16. The Kier molecular flexibility index (Phi) is 9.45. The van der Waals surface area contributed by atoms with E-state index >= 15 is 0 Å². The van der Waals surface area contributed by atoms with Crippen LogP contribution in [-0.2, 0) is 10.8 Å². The molecule has 0 aliphatic rings. The van der Waals surface area contributed by atoms with E-state index in [1.807, 2.05) is 12.3 Å². The average Bonchev–Trinajstić information content (AvgIpc) is 3.61. The normalized spacial score (nSPS) is 11.9. The molecule has 292 valence electrons. The first-order valence-corrected chi connectivity index (χ1v) is 20.4. The minimum Gasteiger partial charge on any atom is -0.507 e. The van der Waals surface area contributed by atoms with Gasteiger partial charge in [-0.05, 0) is 99.3 Å². The SMILES string of the molecule is [C-]#[N+]c1ccc(O)c(-c2cc(-c3cc(C(C)(C)C)cc(C(C)(C)C)c3)cc(-c3cccc(-c4cc(-c5cccc6c7ccccc7n(-c7ccccc7)c56)ccn4)c3)n2)c1. The number of nitrogens with zero attached hydrogens (tertiary/aromatic N) is 4. The van der Waals surface area contributed by atoms with Crippen molar-refractivity contribution < 1.29 is 5.11 Å². The molecule has 3 aromatic heterocycles. The number of phenols is 1. The van der Waals surface area contributed by atoms with Gasteiger partial charge >= 0.3 is 0 Å². The Bertz CT molecular complexity index is 3100. The molecular weight excluding hydrogens is 733 g/mol. The van der Waals surface area contributed by atoms with Crippen LogP contribution >= 0.6 is 0 Å². The molecule has 5 nitrogen and oxygen atoms in total. The fourth-order valence-electron chi connectivity index (χ4n) is 8.13. The summed E-state index contributed by atoms with van der Waals surface area (Å²) in [6.07, 6.45) is 1.89. The zero-order chi connectivity index (χ0) is 41.8. The van der Waals surface area contributed by atoms with Crippen molar-refractivity contribution in [1.82, 2.24) is 14.5 Å². The van der Waals surface area contributed by atoms with Gasteiger partial charge in [-0.25, -0.2) is 9.83 Å². The van der Waals surface area contributed by atoms with Gasteiger partial charge in [0.15, 0.2) is 5.69 Å². The zero-order valence-electron chi connectivity index (χ0n) is 34.8. The number of phenolic OH excluding ortho intramolecular Hbond substituents is 1. The van der Waals surface area contributed by atoms with Crippen LogP contribution in [0.25, 0.3) is 88.4 Å². The van der Waals surface area contributed by atoms with Crippen LogP contribution in [0.15, 0.2) is 164 Å². The summed E-state index contributed by atoms with van der Waals surface area (Å²) in [5.41, 5.74) is 15.0. The van der Waals surface area contributed by atoms with E-state index in [1.165, 1.54) is 21.9 Å². The highest BCUT2D eigenvalue weighted by molar-refractivity contribution is 6.13. The lowest BCUT2D eigenvalue weighted by atomic mass is 9.79. The zero-order valence-corrected chi connectivity index (χ0v) is 34.8. The van der Waals surface area contributed by atoms with Crippen molar-refractivity contribution in [3.63, 3.8) is 0 Å². The van der Waals surface area contributed by atoms with Gasteiger partial charge in [-0.3, -0.25) is 4.98 Å². The van der Waals surface area contributed by atoms with Gasteiger partial charge in [0.2, 0.25) is 0 Å². The third-order valence-corrected chi connectivity index (χ3v) is 11.4. The summed E-state index contributed by atoms with van der Waals surface area (Å²) >= 11 is 0. The largest absolute Gasteiger partial charge is 0.507 e.